The summed E-state index contributed by atoms with van der Waals surface area (Å²) < 4.78 is 32.6. The van der Waals surface area contributed by atoms with E-state index in [1.54, 1.807) is 12.1 Å². The summed E-state index contributed by atoms with van der Waals surface area (Å²) in [5.74, 6) is -1.69. The van der Waals surface area contributed by atoms with E-state index in [1.165, 1.54) is 31.3 Å². The first-order valence-corrected chi connectivity index (χ1v) is 7.47. The first kappa shape index (κ1) is 16.6. The number of rotatable bonds is 3. The van der Waals surface area contributed by atoms with Gasteiger partial charge in [0.1, 0.15) is 5.15 Å². The van der Waals surface area contributed by atoms with Gasteiger partial charge in [-0.1, -0.05) is 23.7 Å². The Morgan fingerprint density at radius 2 is 2.17 bits per heavy atom. The van der Waals surface area contributed by atoms with Crippen LogP contribution in [0.5, 0.6) is 5.75 Å². The number of pyridine rings is 1. The van der Waals surface area contributed by atoms with E-state index >= 15 is 0 Å². The molecule has 2 heterocycles. The molecule has 8 heteroatoms. The minimum atomic E-state index is -4.02. The molecule has 3 rings (SSSR count). The molecule has 1 aromatic carbocycles. The molecule has 0 spiro atoms. The molecule has 5 nitrogen and oxygen atoms in total. The summed E-state index contributed by atoms with van der Waals surface area (Å²) in [4.78, 5) is 16.9. The van der Waals surface area contributed by atoms with Crippen molar-refractivity contribution in [1.82, 2.24) is 4.98 Å². The maximum Gasteiger partial charge on any atom is 0.483 e. The van der Waals surface area contributed by atoms with Gasteiger partial charge in [0.25, 0.3) is 0 Å². The van der Waals surface area contributed by atoms with Crippen molar-refractivity contribution >= 4 is 23.2 Å². The van der Waals surface area contributed by atoms with Crippen molar-refractivity contribution in [3.8, 4) is 5.75 Å². The van der Waals surface area contributed by atoms with Crippen LogP contribution in [0.2, 0.25) is 5.15 Å². The Morgan fingerprint density at radius 3 is 2.83 bits per heavy atom. The number of carbonyl (C=O) groups excluding carboxylic acids is 1. The number of nitrogens with zero attached hydrogens (tertiary/aromatic N) is 2. The van der Waals surface area contributed by atoms with Gasteiger partial charge in [0.15, 0.2) is 5.75 Å². The number of anilines is 1. The number of hydrogen-bond donors (Lipinski definition) is 1. The van der Waals surface area contributed by atoms with Crippen LogP contribution in [-0.2, 0) is 11.3 Å². The highest BCUT2D eigenvalue weighted by Crippen LogP contribution is 2.44. The second kappa shape index (κ2) is 5.99. The summed E-state index contributed by atoms with van der Waals surface area (Å²) in [5, 5.41) is 9.97. The summed E-state index contributed by atoms with van der Waals surface area (Å²) in [6, 6.07) is 7.58. The van der Waals surface area contributed by atoms with Gasteiger partial charge in [0, 0.05) is 11.8 Å². The SMILES string of the molecule is C[C@@H](O)c1cccc2c1OC(F)(F)C(=O)N2Cc1ccnc(Cl)c1. The summed E-state index contributed by atoms with van der Waals surface area (Å²) in [7, 11) is 0. The number of alkyl halides is 2. The van der Waals surface area contributed by atoms with E-state index in [0.29, 0.717) is 5.56 Å². The zero-order valence-electron chi connectivity index (χ0n) is 12.5. The monoisotopic (exact) mass is 354 g/mol. The molecular weight excluding hydrogens is 342 g/mol. The van der Waals surface area contributed by atoms with E-state index in [9.17, 15) is 18.7 Å². The van der Waals surface area contributed by atoms with Gasteiger partial charge in [-0.05, 0) is 30.7 Å². The number of carbonyl (C=O) groups is 1. The number of ether oxygens (including phenoxy) is 1. The Bertz CT molecular complexity index is 799. The fraction of sp³-hybridized carbons (Fsp3) is 0.250. The van der Waals surface area contributed by atoms with Crippen LogP contribution in [0.15, 0.2) is 36.5 Å². The van der Waals surface area contributed by atoms with Crippen LogP contribution >= 0.6 is 11.6 Å². The summed E-state index contributed by atoms with van der Waals surface area (Å²) in [5.41, 5.74) is 0.879. The van der Waals surface area contributed by atoms with E-state index in [-0.39, 0.29) is 28.7 Å². The van der Waals surface area contributed by atoms with Crippen LogP contribution in [0.25, 0.3) is 0 Å². The molecule has 2 aromatic rings. The first-order chi connectivity index (χ1) is 11.3. The molecule has 0 radical (unpaired) electrons. The van der Waals surface area contributed by atoms with Gasteiger partial charge in [0.05, 0.1) is 18.3 Å². The molecule has 0 unspecified atom stereocenters. The topological polar surface area (TPSA) is 62.7 Å². The van der Waals surface area contributed by atoms with Crippen LogP contribution in [-0.4, -0.2) is 22.1 Å². The van der Waals surface area contributed by atoms with Gasteiger partial charge in [-0.15, -0.1) is 0 Å². The zero-order chi connectivity index (χ0) is 17.5. The number of amides is 1. The van der Waals surface area contributed by atoms with E-state index in [1.807, 2.05) is 0 Å². The molecule has 0 saturated carbocycles. The van der Waals surface area contributed by atoms with Crippen molar-refractivity contribution in [3.63, 3.8) is 0 Å². The lowest BCUT2D eigenvalue weighted by Gasteiger charge is -2.35. The van der Waals surface area contributed by atoms with Gasteiger partial charge in [-0.2, -0.15) is 8.78 Å². The van der Waals surface area contributed by atoms with Crippen LogP contribution in [0, 0.1) is 0 Å². The number of aliphatic hydroxyl groups excluding tert-OH is 1. The van der Waals surface area contributed by atoms with Crippen molar-refractivity contribution in [2.75, 3.05) is 4.90 Å². The Kier molecular flexibility index (Phi) is 4.15. The third-order valence-electron chi connectivity index (χ3n) is 3.62. The molecule has 1 amide bonds. The third kappa shape index (κ3) is 2.92. The number of para-hydroxylation sites is 1. The van der Waals surface area contributed by atoms with Gasteiger partial charge in [-0.3, -0.25) is 9.69 Å². The molecular formula is C16H13ClF2N2O3. The smallest absolute Gasteiger partial charge is 0.423 e. The van der Waals surface area contributed by atoms with E-state index in [0.717, 1.165) is 4.90 Å². The molecule has 1 aliphatic heterocycles. The lowest BCUT2D eigenvalue weighted by Crippen LogP contribution is -2.50. The first-order valence-electron chi connectivity index (χ1n) is 7.10. The zero-order valence-corrected chi connectivity index (χ0v) is 13.3. The van der Waals surface area contributed by atoms with E-state index in [2.05, 4.69) is 9.72 Å². The number of aromatic nitrogens is 1. The van der Waals surface area contributed by atoms with Gasteiger partial charge in [0.2, 0.25) is 0 Å². The highest BCUT2D eigenvalue weighted by molar-refractivity contribution is 6.29. The van der Waals surface area contributed by atoms with Crippen molar-refractivity contribution in [2.45, 2.75) is 25.7 Å². The largest absolute Gasteiger partial charge is 0.483 e. The quantitative estimate of drug-likeness (QED) is 0.859. The molecule has 1 N–H and O–H groups in total. The van der Waals surface area contributed by atoms with E-state index in [4.69, 9.17) is 11.6 Å². The van der Waals surface area contributed by atoms with Gasteiger partial charge in [-0.25, -0.2) is 4.98 Å². The maximum absolute atomic E-state index is 14.0. The maximum atomic E-state index is 14.0. The Morgan fingerprint density at radius 1 is 1.42 bits per heavy atom. The Balaban J connectivity index is 2.09. The average molecular weight is 355 g/mol. The van der Waals surface area contributed by atoms with Crippen LogP contribution in [0.4, 0.5) is 14.5 Å². The number of fused-ring (bicyclic) bond motifs is 1. The fourth-order valence-electron chi connectivity index (χ4n) is 2.51. The highest BCUT2D eigenvalue weighted by atomic mass is 35.5. The molecule has 0 saturated heterocycles. The molecule has 1 aromatic heterocycles. The molecule has 0 aliphatic carbocycles. The van der Waals surface area contributed by atoms with Gasteiger partial charge < -0.3 is 9.84 Å². The van der Waals surface area contributed by atoms with Crippen molar-refractivity contribution in [2.24, 2.45) is 0 Å². The minimum absolute atomic E-state index is 0.129. The summed E-state index contributed by atoms with van der Waals surface area (Å²) >= 11 is 5.80. The third-order valence-corrected chi connectivity index (χ3v) is 3.83. The lowest BCUT2D eigenvalue weighted by atomic mass is 10.1. The number of halogens is 3. The van der Waals surface area contributed by atoms with Crippen molar-refractivity contribution in [1.29, 1.82) is 0 Å². The summed E-state index contributed by atoms with van der Waals surface area (Å²) in [6.07, 6.45) is -3.62. The molecule has 0 bridgehead atoms. The van der Waals surface area contributed by atoms with Crippen LogP contribution < -0.4 is 9.64 Å². The average Bonchev–Trinajstić information content (AvgIpc) is 2.51. The summed E-state index contributed by atoms with van der Waals surface area (Å²) in [6.45, 7) is 1.30. The number of aliphatic hydroxyl groups is 1. The second-order valence-corrected chi connectivity index (χ2v) is 5.76. The Labute approximate surface area is 141 Å². The van der Waals surface area contributed by atoms with Crippen LogP contribution in [0.1, 0.15) is 24.2 Å². The molecule has 126 valence electrons. The second-order valence-electron chi connectivity index (χ2n) is 5.37. The molecule has 0 fully saturated rings. The number of hydrogen-bond acceptors (Lipinski definition) is 4. The standard InChI is InChI=1S/C16H13ClF2N2O3/c1-9(22)11-3-2-4-12-14(11)24-16(18,19)15(23)21(12)8-10-5-6-20-13(17)7-10/h2-7,9,22H,8H2,1H3/t9-/m1/s1. The van der Waals surface area contributed by atoms with Gasteiger partial charge >= 0.3 is 12.0 Å². The lowest BCUT2D eigenvalue weighted by molar-refractivity contribution is -0.193. The van der Waals surface area contributed by atoms with E-state index < -0.39 is 18.1 Å². The predicted molar refractivity (Wildman–Crippen MR) is 83.1 cm³/mol. The van der Waals surface area contributed by atoms with Crippen molar-refractivity contribution in [3.05, 3.63) is 52.8 Å². The normalized spacial score (nSPS) is 17.2. The predicted octanol–water partition coefficient (Wildman–Crippen LogP) is 3.31. The molecule has 24 heavy (non-hydrogen) atoms. The molecule has 1 atom stereocenters. The Hall–Kier alpha value is -2.25. The highest BCUT2D eigenvalue weighted by Gasteiger charge is 2.51. The van der Waals surface area contributed by atoms with Crippen LogP contribution in [0.3, 0.4) is 0 Å². The minimum Gasteiger partial charge on any atom is -0.423 e. The fourth-order valence-corrected chi connectivity index (χ4v) is 2.71. The number of benzene rings is 1. The van der Waals surface area contributed by atoms with Crippen molar-refractivity contribution < 1.29 is 23.4 Å². The molecule has 1 aliphatic rings.